The third-order valence-corrected chi connectivity index (χ3v) is 9.01. The number of nitrogens with zero attached hydrogens (tertiary/aromatic N) is 5. The first-order chi connectivity index (χ1) is 22.8. The Labute approximate surface area is 276 Å². The van der Waals surface area contributed by atoms with Crippen molar-refractivity contribution in [1.82, 2.24) is 14.8 Å². The lowest BCUT2D eigenvalue weighted by Crippen LogP contribution is -2.45. The SMILES string of the molecule is COC(=O)C1=C(C)N(c2cccc(C(F)(F)F)c2)c2n[nH]c(=O)n2[C@@H]1c1ccc(C#N)cc1CC[N+](C)(C)CC1CCCCC1.O=C[O-]. The number of esters is 1. The quantitative estimate of drug-likeness (QED) is 0.214. The molecule has 1 N–H and O–H groups in total. The van der Waals surface area contributed by atoms with Crippen molar-refractivity contribution in [1.29, 1.82) is 5.26 Å². The summed E-state index contributed by atoms with van der Waals surface area (Å²) in [7, 11) is 5.60. The molecular weight excluding hydrogens is 629 g/mol. The van der Waals surface area contributed by atoms with Crippen LogP contribution in [0.5, 0.6) is 0 Å². The first kappa shape index (κ1) is 35.9. The molecule has 3 aromatic rings. The summed E-state index contributed by atoms with van der Waals surface area (Å²) in [6, 6.07) is 11.0. The minimum atomic E-state index is -4.61. The zero-order chi connectivity index (χ0) is 35.2. The number of benzene rings is 2. The second kappa shape index (κ2) is 14.9. The molecule has 2 aliphatic rings. The number of likely N-dealkylation sites (N-methyl/N-ethyl adjacent to an activating group) is 1. The van der Waals surface area contributed by atoms with Crippen molar-refractivity contribution in [2.24, 2.45) is 5.92 Å². The molecule has 5 rings (SSSR count). The molecule has 1 saturated carbocycles. The fraction of sp³-hybridized carbons (Fsp3) is 0.441. The van der Waals surface area contributed by atoms with Crippen LogP contribution in [0.4, 0.5) is 24.8 Å². The number of aromatic nitrogens is 3. The second-order valence-corrected chi connectivity index (χ2v) is 12.7. The molecule has 1 fully saturated rings. The van der Waals surface area contributed by atoms with Gasteiger partial charge in [-0.2, -0.15) is 18.4 Å². The van der Waals surface area contributed by atoms with Crippen LogP contribution in [0.2, 0.25) is 0 Å². The van der Waals surface area contributed by atoms with Crippen molar-refractivity contribution in [3.05, 3.63) is 86.5 Å². The number of alkyl halides is 3. The van der Waals surface area contributed by atoms with E-state index in [2.05, 4.69) is 30.4 Å². The Hall–Kier alpha value is -4.90. The summed E-state index contributed by atoms with van der Waals surface area (Å²) in [6.07, 6.45) is 2.19. The molecule has 0 bridgehead atoms. The summed E-state index contributed by atoms with van der Waals surface area (Å²) in [4.78, 5) is 36.5. The van der Waals surface area contributed by atoms with Gasteiger partial charge in [0.1, 0.15) is 6.04 Å². The molecule has 2 aromatic carbocycles. The monoisotopic (exact) mass is 668 g/mol. The van der Waals surface area contributed by atoms with E-state index in [0.29, 0.717) is 23.5 Å². The number of carboxylic acid groups (broad SMARTS) is 1. The highest BCUT2D eigenvalue weighted by Crippen LogP contribution is 2.43. The van der Waals surface area contributed by atoms with E-state index in [0.717, 1.165) is 35.3 Å². The molecule has 256 valence electrons. The Morgan fingerprint density at radius 1 is 1.19 bits per heavy atom. The number of ether oxygens (including phenoxy) is 1. The number of hydrogen-bond donors (Lipinski definition) is 1. The van der Waals surface area contributed by atoms with Gasteiger partial charge in [0.05, 0.1) is 57.1 Å². The largest absolute Gasteiger partial charge is 0.554 e. The van der Waals surface area contributed by atoms with E-state index in [1.54, 1.807) is 25.1 Å². The van der Waals surface area contributed by atoms with Crippen LogP contribution in [-0.2, 0) is 26.9 Å². The number of allylic oxidation sites excluding steroid dienone is 1. The molecule has 48 heavy (non-hydrogen) atoms. The Balaban J connectivity index is 0.00000167. The average molecular weight is 669 g/mol. The minimum absolute atomic E-state index is 0.0261. The van der Waals surface area contributed by atoms with Crippen LogP contribution in [0.1, 0.15) is 67.3 Å². The zero-order valence-electron chi connectivity index (χ0n) is 27.3. The lowest BCUT2D eigenvalue weighted by Gasteiger charge is -2.37. The van der Waals surface area contributed by atoms with Crippen LogP contribution in [0.25, 0.3) is 0 Å². The smallest absolute Gasteiger partial charge is 0.416 e. The van der Waals surface area contributed by atoms with Gasteiger partial charge >= 0.3 is 17.8 Å². The van der Waals surface area contributed by atoms with E-state index in [-0.39, 0.29) is 22.9 Å². The van der Waals surface area contributed by atoms with Crippen molar-refractivity contribution >= 4 is 24.1 Å². The first-order valence-corrected chi connectivity index (χ1v) is 15.6. The van der Waals surface area contributed by atoms with E-state index in [4.69, 9.17) is 14.6 Å². The molecule has 1 aliphatic carbocycles. The highest BCUT2D eigenvalue weighted by Gasteiger charge is 2.41. The summed E-state index contributed by atoms with van der Waals surface area (Å²) in [5.41, 5.74) is 0.715. The highest BCUT2D eigenvalue weighted by molar-refractivity contribution is 5.93. The topological polar surface area (TPSA) is 144 Å². The van der Waals surface area contributed by atoms with Crippen LogP contribution in [0, 0.1) is 17.2 Å². The lowest BCUT2D eigenvalue weighted by molar-refractivity contribution is -0.893. The number of halogens is 3. The maximum Gasteiger partial charge on any atom is 0.416 e. The molecule has 11 nitrogen and oxygen atoms in total. The lowest BCUT2D eigenvalue weighted by atomic mass is 9.87. The number of nitrogens with one attached hydrogen (secondary N) is 1. The standard InChI is InChI=1S/C33H37F3N6O3.CH2O2/c1-21-28(30(43)45-4)29(41-31(38-39-32(41)44)40(21)26-12-8-11-25(18-26)33(34,35)36)27-14-13-23(19-37)17-24(27)15-16-42(2,3)20-22-9-6-5-7-10-22;2-1-3/h8,11-14,17-18,22,29H,5-7,9-10,15-16,20H2,1-4H3;1H,(H,2,3)/t29-;/m1./s1. The molecule has 1 atom stereocenters. The molecule has 0 unspecified atom stereocenters. The maximum absolute atomic E-state index is 13.7. The average Bonchev–Trinajstić information content (AvgIpc) is 3.43. The zero-order valence-corrected chi connectivity index (χ0v) is 27.3. The van der Waals surface area contributed by atoms with Gasteiger partial charge in [0.15, 0.2) is 0 Å². The maximum atomic E-state index is 13.7. The summed E-state index contributed by atoms with van der Waals surface area (Å²) in [5.74, 6) is -0.0578. The molecule has 14 heteroatoms. The number of fused-ring (bicyclic) bond motifs is 1. The molecule has 0 radical (unpaired) electrons. The van der Waals surface area contributed by atoms with Crippen molar-refractivity contribution in [2.45, 2.75) is 57.7 Å². The third kappa shape index (κ3) is 7.79. The molecular formula is C34H39F3N6O5. The number of anilines is 2. The normalized spacial score (nSPS) is 16.8. The van der Waals surface area contributed by atoms with Gasteiger partial charge in [0, 0.05) is 30.2 Å². The number of nitriles is 1. The predicted octanol–water partition coefficient (Wildman–Crippen LogP) is 4.22. The van der Waals surface area contributed by atoms with Gasteiger partial charge in [0.2, 0.25) is 5.95 Å². The van der Waals surface area contributed by atoms with E-state index in [1.807, 2.05) is 0 Å². The summed E-state index contributed by atoms with van der Waals surface area (Å²) < 4.78 is 48.2. The van der Waals surface area contributed by atoms with Gasteiger partial charge in [-0.15, -0.1) is 5.10 Å². The number of carbonyl (C=O) groups excluding carboxylic acids is 2. The number of quaternary nitrogens is 1. The van der Waals surface area contributed by atoms with Crippen molar-refractivity contribution in [3.63, 3.8) is 0 Å². The number of rotatable bonds is 8. The molecule has 0 amide bonds. The van der Waals surface area contributed by atoms with E-state index in [9.17, 15) is 28.0 Å². The predicted molar refractivity (Wildman–Crippen MR) is 169 cm³/mol. The van der Waals surface area contributed by atoms with Gasteiger partial charge in [-0.1, -0.05) is 31.4 Å². The summed E-state index contributed by atoms with van der Waals surface area (Å²) >= 11 is 0. The third-order valence-electron chi connectivity index (χ3n) is 9.01. The molecule has 2 heterocycles. The van der Waals surface area contributed by atoms with Gasteiger partial charge < -0.3 is 19.1 Å². The van der Waals surface area contributed by atoms with Crippen LogP contribution in [0.3, 0.4) is 0 Å². The first-order valence-electron chi connectivity index (χ1n) is 15.6. The number of carbonyl (C=O) groups is 2. The fourth-order valence-electron chi connectivity index (χ4n) is 6.82. The minimum Gasteiger partial charge on any atom is -0.554 e. The fourth-order valence-corrected chi connectivity index (χ4v) is 6.82. The van der Waals surface area contributed by atoms with Crippen LogP contribution in [0.15, 0.2) is 58.5 Å². The molecule has 0 saturated heterocycles. The van der Waals surface area contributed by atoms with Crippen LogP contribution in [-0.4, -0.2) is 66.0 Å². The van der Waals surface area contributed by atoms with E-state index in [1.165, 1.54) is 60.8 Å². The van der Waals surface area contributed by atoms with E-state index >= 15 is 0 Å². The van der Waals surface area contributed by atoms with Crippen molar-refractivity contribution in [2.75, 3.05) is 39.2 Å². The number of aromatic amines is 1. The number of H-pyrrole nitrogens is 1. The van der Waals surface area contributed by atoms with Crippen LogP contribution >= 0.6 is 0 Å². The van der Waals surface area contributed by atoms with E-state index < -0.39 is 35.9 Å². The van der Waals surface area contributed by atoms with Gasteiger partial charge in [-0.25, -0.2) is 19.3 Å². The second-order valence-electron chi connectivity index (χ2n) is 12.7. The highest BCUT2D eigenvalue weighted by atomic mass is 19.4. The molecule has 1 aliphatic heterocycles. The van der Waals surface area contributed by atoms with Crippen molar-refractivity contribution in [3.8, 4) is 6.07 Å². The Bertz CT molecular complexity index is 1770. The van der Waals surface area contributed by atoms with Crippen molar-refractivity contribution < 1.29 is 37.1 Å². The Kier molecular flexibility index (Phi) is 11.2. The van der Waals surface area contributed by atoms with Crippen LogP contribution < -0.4 is 15.7 Å². The van der Waals surface area contributed by atoms with Gasteiger partial charge in [0.25, 0.3) is 0 Å². The number of hydrogen-bond acceptors (Lipinski definition) is 8. The molecule has 0 spiro atoms. The summed E-state index contributed by atoms with van der Waals surface area (Å²) in [5, 5.41) is 24.6. The number of methoxy groups -OCH3 is 1. The summed E-state index contributed by atoms with van der Waals surface area (Å²) in [6.45, 7) is 2.88. The Morgan fingerprint density at radius 2 is 1.88 bits per heavy atom. The van der Waals surface area contributed by atoms with Gasteiger partial charge in [-0.05, 0) is 61.2 Å². The van der Waals surface area contributed by atoms with Gasteiger partial charge in [-0.3, -0.25) is 4.90 Å². The molecule has 1 aromatic heterocycles. The Morgan fingerprint density at radius 3 is 2.50 bits per heavy atom.